The molecule has 0 spiro atoms. The molecule has 1 aliphatic carbocycles. The third-order valence-corrected chi connectivity index (χ3v) is 5.09. The Morgan fingerprint density at radius 1 is 1.24 bits per heavy atom. The molecule has 120 valence electrons. The highest BCUT2D eigenvalue weighted by Crippen LogP contribution is 2.34. The normalized spacial score (nSPS) is 24.0. The summed E-state index contributed by atoms with van der Waals surface area (Å²) in [7, 11) is 3.75. The first kappa shape index (κ1) is 16.4. The molecule has 1 saturated carbocycles. The van der Waals surface area contributed by atoms with Gasteiger partial charge in [-0.1, -0.05) is 38.3 Å². The van der Waals surface area contributed by atoms with Gasteiger partial charge in [0.2, 0.25) is 11.7 Å². The van der Waals surface area contributed by atoms with Gasteiger partial charge >= 0.3 is 0 Å². The van der Waals surface area contributed by atoms with Crippen molar-refractivity contribution in [3.8, 4) is 0 Å². The number of ether oxygens (including phenoxy) is 1. The van der Waals surface area contributed by atoms with Gasteiger partial charge in [0.05, 0.1) is 5.92 Å². The third kappa shape index (κ3) is 3.29. The summed E-state index contributed by atoms with van der Waals surface area (Å²) in [6.07, 6.45) is 7.79. The van der Waals surface area contributed by atoms with E-state index in [-0.39, 0.29) is 0 Å². The van der Waals surface area contributed by atoms with Gasteiger partial charge in [0.1, 0.15) is 5.60 Å². The Morgan fingerprint density at radius 3 is 2.57 bits per heavy atom. The molecular formula is C16H29N3O2. The fraction of sp³-hybridized carbons (Fsp3) is 0.875. The molecule has 2 atom stereocenters. The van der Waals surface area contributed by atoms with Gasteiger partial charge in [0, 0.05) is 13.2 Å². The molecule has 1 aromatic heterocycles. The maximum absolute atomic E-state index is 5.70. The Hall–Kier alpha value is -0.940. The van der Waals surface area contributed by atoms with Crippen molar-refractivity contribution in [1.29, 1.82) is 0 Å². The summed E-state index contributed by atoms with van der Waals surface area (Å²) in [5.74, 6) is 1.79. The van der Waals surface area contributed by atoms with Crippen molar-refractivity contribution in [2.75, 3.05) is 14.2 Å². The molecule has 1 aliphatic rings. The van der Waals surface area contributed by atoms with Crippen LogP contribution in [-0.4, -0.2) is 30.3 Å². The third-order valence-electron chi connectivity index (χ3n) is 5.09. The summed E-state index contributed by atoms with van der Waals surface area (Å²) in [6.45, 7) is 4.20. The van der Waals surface area contributed by atoms with Crippen molar-refractivity contribution < 1.29 is 9.26 Å². The van der Waals surface area contributed by atoms with E-state index in [0.717, 1.165) is 25.2 Å². The number of nitrogens with one attached hydrogen (secondary N) is 1. The predicted molar refractivity (Wildman–Crippen MR) is 82.2 cm³/mol. The van der Waals surface area contributed by atoms with E-state index in [1.165, 1.54) is 25.7 Å². The molecule has 1 fully saturated rings. The summed E-state index contributed by atoms with van der Waals surface area (Å²) in [4.78, 5) is 4.72. The topological polar surface area (TPSA) is 60.2 Å². The SMILES string of the molecule is CCC(CC)(OC)c1noc(C2CCCCCC2NC)n1. The molecule has 5 heteroatoms. The molecule has 1 aromatic rings. The number of methoxy groups -OCH3 is 1. The van der Waals surface area contributed by atoms with Crippen LogP contribution in [0.5, 0.6) is 0 Å². The van der Waals surface area contributed by atoms with E-state index in [9.17, 15) is 0 Å². The van der Waals surface area contributed by atoms with Crippen LogP contribution < -0.4 is 5.32 Å². The van der Waals surface area contributed by atoms with Crippen LogP contribution in [0.15, 0.2) is 4.52 Å². The summed E-state index contributed by atoms with van der Waals surface area (Å²) in [6, 6.07) is 0.431. The molecule has 0 aromatic carbocycles. The van der Waals surface area contributed by atoms with Gasteiger partial charge in [-0.15, -0.1) is 0 Å². The van der Waals surface area contributed by atoms with Crippen LogP contribution in [0, 0.1) is 0 Å². The molecule has 0 aliphatic heterocycles. The smallest absolute Gasteiger partial charge is 0.231 e. The second kappa shape index (κ2) is 7.36. The van der Waals surface area contributed by atoms with Gasteiger partial charge in [-0.25, -0.2) is 0 Å². The average Bonchev–Trinajstić information content (AvgIpc) is 2.88. The highest BCUT2D eigenvalue weighted by atomic mass is 16.5. The summed E-state index contributed by atoms with van der Waals surface area (Å²) < 4.78 is 11.3. The van der Waals surface area contributed by atoms with Crippen LogP contribution in [-0.2, 0) is 10.3 Å². The number of likely N-dealkylation sites (N-methyl/N-ethyl adjacent to an activating group) is 1. The van der Waals surface area contributed by atoms with E-state index in [1.54, 1.807) is 7.11 Å². The molecule has 2 unspecified atom stereocenters. The lowest BCUT2D eigenvalue weighted by molar-refractivity contribution is -0.0306. The standard InChI is InChI=1S/C16H29N3O2/c1-5-16(6-2,20-4)15-18-14(21-19-15)12-10-8-7-9-11-13(12)17-3/h12-13,17H,5-11H2,1-4H3. The first-order valence-corrected chi connectivity index (χ1v) is 8.27. The minimum atomic E-state index is -0.415. The quantitative estimate of drug-likeness (QED) is 0.815. The first-order valence-electron chi connectivity index (χ1n) is 8.27. The van der Waals surface area contributed by atoms with Gasteiger partial charge < -0.3 is 14.6 Å². The molecule has 1 heterocycles. The average molecular weight is 295 g/mol. The van der Waals surface area contributed by atoms with Crippen LogP contribution in [0.2, 0.25) is 0 Å². The van der Waals surface area contributed by atoms with Crippen molar-refractivity contribution >= 4 is 0 Å². The minimum Gasteiger partial charge on any atom is -0.370 e. The predicted octanol–water partition coefficient (Wildman–Crippen LogP) is 3.37. The van der Waals surface area contributed by atoms with Gasteiger partial charge in [-0.05, 0) is 32.7 Å². The molecule has 0 amide bonds. The highest BCUT2D eigenvalue weighted by molar-refractivity contribution is 5.06. The fourth-order valence-corrected chi connectivity index (χ4v) is 3.47. The van der Waals surface area contributed by atoms with Gasteiger partial charge in [-0.2, -0.15) is 4.98 Å². The lowest BCUT2D eigenvalue weighted by Crippen LogP contribution is -2.32. The second-order valence-corrected chi connectivity index (χ2v) is 6.00. The molecule has 0 saturated heterocycles. The molecule has 0 bridgehead atoms. The van der Waals surface area contributed by atoms with Gasteiger partial charge in [0.25, 0.3) is 0 Å². The molecule has 0 radical (unpaired) electrons. The number of rotatable bonds is 6. The monoisotopic (exact) mass is 295 g/mol. The van der Waals surface area contributed by atoms with E-state index < -0.39 is 5.60 Å². The van der Waals surface area contributed by atoms with E-state index in [4.69, 9.17) is 14.2 Å². The van der Waals surface area contributed by atoms with Crippen molar-refractivity contribution in [2.45, 2.75) is 76.4 Å². The zero-order valence-electron chi connectivity index (χ0n) is 13.8. The highest BCUT2D eigenvalue weighted by Gasteiger charge is 2.36. The van der Waals surface area contributed by atoms with E-state index in [0.29, 0.717) is 17.8 Å². The molecular weight excluding hydrogens is 266 g/mol. The van der Waals surface area contributed by atoms with Crippen molar-refractivity contribution in [3.05, 3.63) is 11.7 Å². The summed E-state index contributed by atoms with van der Waals surface area (Å²) in [5.41, 5.74) is -0.415. The van der Waals surface area contributed by atoms with E-state index >= 15 is 0 Å². The van der Waals surface area contributed by atoms with Crippen LogP contribution >= 0.6 is 0 Å². The van der Waals surface area contributed by atoms with Crippen molar-refractivity contribution in [3.63, 3.8) is 0 Å². The zero-order valence-corrected chi connectivity index (χ0v) is 13.8. The van der Waals surface area contributed by atoms with Crippen LogP contribution in [0.3, 0.4) is 0 Å². The van der Waals surface area contributed by atoms with Crippen molar-refractivity contribution in [1.82, 2.24) is 15.5 Å². The fourth-order valence-electron chi connectivity index (χ4n) is 3.47. The van der Waals surface area contributed by atoms with E-state index in [1.807, 2.05) is 7.05 Å². The first-order chi connectivity index (χ1) is 10.2. The lowest BCUT2D eigenvalue weighted by Gasteiger charge is -2.26. The zero-order chi connectivity index (χ0) is 15.3. The number of aromatic nitrogens is 2. The molecule has 21 heavy (non-hydrogen) atoms. The van der Waals surface area contributed by atoms with Crippen LogP contribution in [0.25, 0.3) is 0 Å². The Bertz CT molecular complexity index is 421. The summed E-state index contributed by atoms with van der Waals surface area (Å²) >= 11 is 0. The van der Waals surface area contributed by atoms with Gasteiger partial charge in [0.15, 0.2) is 0 Å². The number of nitrogens with zero attached hydrogens (tertiary/aromatic N) is 2. The van der Waals surface area contributed by atoms with Crippen molar-refractivity contribution in [2.24, 2.45) is 0 Å². The molecule has 2 rings (SSSR count). The maximum Gasteiger partial charge on any atom is 0.231 e. The van der Waals surface area contributed by atoms with E-state index in [2.05, 4.69) is 24.3 Å². The Kier molecular flexibility index (Phi) is 5.76. The largest absolute Gasteiger partial charge is 0.370 e. The molecule has 5 nitrogen and oxygen atoms in total. The number of hydrogen-bond donors (Lipinski definition) is 1. The summed E-state index contributed by atoms with van der Waals surface area (Å²) in [5, 5.41) is 7.66. The maximum atomic E-state index is 5.70. The lowest BCUT2D eigenvalue weighted by atomic mass is 9.94. The van der Waals surface area contributed by atoms with Crippen LogP contribution in [0.4, 0.5) is 0 Å². The molecule has 1 N–H and O–H groups in total. The number of hydrogen-bond acceptors (Lipinski definition) is 5. The van der Waals surface area contributed by atoms with Gasteiger partial charge in [-0.3, -0.25) is 0 Å². The Balaban J connectivity index is 2.25. The minimum absolute atomic E-state index is 0.321. The Labute approximate surface area is 127 Å². The second-order valence-electron chi connectivity index (χ2n) is 6.00. The Morgan fingerprint density at radius 2 is 1.95 bits per heavy atom. The van der Waals surface area contributed by atoms with Crippen LogP contribution in [0.1, 0.15) is 76.4 Å².